The van der Waals surface area contributed by atoms with E-state index in [2.05, 4.69) is 5.32 Å². The molecule has 0 bridgehead atoms. The van der Waals surface area contributed by atoms with Crippen molar-refractivity contribution in [2.45, 2.75) is 25.0 Å². The lowest BCUT2D eigenvalue weighted by Crippen LogP contribution is -2.51. The van der Waals surface area contributed by atoms with Crippen LogP contribution in [0.2, 0.25) is 0 Å². The second-order valence-corrected chi connectivity index (χ2v) is 5.66. The second-order valence-electron chi connectivity index (χ2n) is 5.66. The predicted molar refractivity (Wildman–Crippen MR) is 90.5 cm³/mol. The molecule has 2 atom stereocenters. The normalized spacial score (nSPS) is 14.4. The van der Waals surface area contributed by atoms with E-state index in [0.717, 1.165) is 5.56 Å². The fraction of sp³-hybridized carbons (Fsp3) is 0.263. The molecule has 126 valence electrons. The molecule has 1 amide bonds. The number of carbonyl (C=O) groups excluding carboxylic acids is 1. The van der Waals surface area contributed by atoms with Crippen LogP contribution in [-0.4, -0.2) is 30.1 Å². The maximum Gasteiger partial charge on any atom is 0.326 e. The van der Waals surface area contributed by atoms with Crippen molar-refractivity contribution in [1.29, 1.82) is 0 Å². The van der Waals surface area contributed by atoms with Gasteiger partial charge in [-0.1, -0.05) is 60.7 Å². The molecule has 5 nitrogen and oxygen atoms in total. The molecule has 2 rings (SSSR count). The van der Waals surface area contributed by atoms with Gasteiger partial charge in [0.2, 0.25) is 0 Å². The van der Waals surface area contributed by atoms with Crippen LogP contribution in [0.5, 0.6) is 0 Å². The van der Waals surface area contributed by atoms with Crippen molar-refractivity contribution < 1.29 is 19.4 Å². The zero-order valence-corrected chi connectivity index (χ0v) is 13.7. The summed E-state index contributed by atoms with van der Waals surface area (Å²) in [5, 5.41) is 12.0. The van der Waals surface area contributed by atoms with Gasteiger partial charge in [0.15, 0.2) is 5.60 Å². The number of carboxylic acids is 1. The van der Waals surface area contributed by atoms with Gasteiger partial charge in [-0.2, -0.15) is 0 Å². The first-order chi connectivity index (χ1) is 11.5. The predicted octanol–water partition coefficient (Wildman–Crippen LogP) is 2.36. The number of methoxy groups -OCH3 is 1. The van der Waals surface area contributed by atoms with Crippen LogP contribution in [0.4, 0.5) is 0 Å². The Kier molecular flexibility index (Phi) is 5.71. The Morgan fingerprint density at radius 3 is 2.12 bits per heavy atom. The zero-order valence-electron chi connectivity index (χ0n) is 13.7. The van der Waals surface area contributed by atoms with Crippen LogP contribution in [0.1, 0.15) is 18.1 Å². The van der Waals surface area contributed by atoms with Gasteiger partial charge in [-0.3, -0.25) is 4.79 Å². The van der Waals surface area contributed by atoms with E-state index in [4.69, 9.17) is 4.74 Å². The quantitative estimate of drug-likeness (QED) is 0.818. The van der Waals surface area contributed by atoms with Gasteiger partial charge >= 0.3 is 5.97 Å². The molecule has 2 aromatic rings. The van der Waals surface area contributed by atoms with E-state index >= 15 is 0 Å². The van der Waals surface area contributed by atoms with Crippen LogP contribution in [0.15, 0.2) is 60.7 Å². The first kappa shape index (κ1) is 17.7. The second kappa shape index (κ2) is 7.75. The molecule has 0 aliphatic rings. The number of carbonyl (C=O) groups is 2. The summed E-state index contributed by atoms with van der Waals surface area (Å²) in [6.07, 6.45) is 0.205. The Hall–Kier alpha value is -2.66. The molecule has 2 N–H and O–H groups in total. The Morgan fingerprint density at radius 2 is 1.62 bits per heavy atom. The summed E-state index contributed by atoms with van der Waals surface area (Å²) in [4.78, 5) is 24.2. The third kappa shape index (κ3) is 4.00. The molecule has 0 saturated heterocycles. The largest absolute Gasteiger partial charge is 0.480 e. The average molecular weight is 327 g/mol. The van der Waals surface area contributed by atoms with E-state index in [1.807, 2.05) is 36.4 Å². The number of amides is 1. The highest BCUT2D eigenvalue weighted by molar-refractivity contribution is 5.90. The fourth-order valence-electron chi connectivity index (χ4n) is 2.44. The zero-order chi connectivity index (χ0) is 17.6. The molecule has 0 aliphatic carbocycles. The lowest BCUT2D eigenvalue weighted by atomic mass is 9.94. The molecule has 2 unspecified atom stereocenters. The Morgan fingerprint density at radius 1 is 1.08 bits per heavy atom. The van der Waals surface area contributed by atoms with Gasteiger partial charge in [0, 0.05) is 13.5 Å². The standard InChI is InChI=1S/C19H21NO4/c1-19(24-2,15-11-7-4-8-12-15)18(23)20-16(17(21)22)13-14-9-5-3-6-10-14/h3-12,16H,13H2,1-2H3,(H,20,23)(H,21,22). The molecule has 2 aromatic carbocycles. The first-order valence-corrected chi connectivity index (χ1v) is 7.65. The minimum absolute atomic E-state index is 0.205. The van der Waals surface area contributed by atoms with Crippen molar-refractivity contribution in [3.8, 4) is 0 Å². The fourth-order valence-corrected chi connectivity index (χ4v) is 2.44. The summed E-state index contributed by atoms with van der Waals surface area (Å²) in [5.74, 6) is -1.57. The molecular formula is C19H21NO4. The number of hydrogen-bond donors (Lipinski definition) is 2. The van der Waals surface area contributed by atoms with Crippen molar-refractivity contribution in [3.05, 3.63) is 71.8 Å². The molecule has 0 fully saturated rings. The van der Waals surface area contributed by atoms with Crippen LogP contribution in [0, 0.1) is 0 Å². The summed E-state index contributed by atoms with van der Waals surface area (Å²) in [5.41, 5.74) is 0.240. The smallest absolute Gasteiger partial charge is 0.326 e. The summed E-state index contributed by atoms with van der Waals surface area (Å²) in [7, 11) is 1.43. The van der Waals surface area contributed by atoms with E-state index in [-0.39, 0.29) is 6.42 Å². The Labute approximate surface area is 141 Å². The molecule has 5 heteroatoms. The molecule has 24 heavy (non-hydrogen) atoms. The topological polar surface area (TPSA) is 75.6 Å². The monoisotopic (exact) mass is 327 g/mol. The SMILES string of the molecule is COC(C)(C(=O)NC(Cc1ccccc1)C(=O)O)c1ccccc1. The number of hydrogen-bond acceptors (Lipinski definition) is 3. The molecule has 0 spiro atoms. The molecule has 0 aliphatic heterocycles. The minimum Gasteiger partial charge on any atom is -0.480 e. The van der Waals surface area contributed by atoms with Crippen LogP contribution < -0.4 is 5.32 Å². The third-order valence-electron chi connectivity index (χ3n) is 4.05. The summed E-state index contributed by atoms with van der Waals surface area (Å²) in [6, 6.07) is 17.1. The highest BCUT2D eigenvalue weighted by Gasteiger charge is 2.37. The van der Waals surface area contributed by atoms with Crippen molar-refractivity contribution in [2.75, 3.05) is 7.11 Å². The highest BCUT2D eigenvalue weighted by atomic mass is 16.5. The van der Waals surface area contributed by atoms with E-state index in [9.17, 15) is 14.7 Å². The van der Waals surface area contributed by atoms with E-state index in [1.54, 1.807) is 31.2 Å². The number of rotatable bonds is 7. The summed E-state index contributed by atoms with van der Waals surface area (Å²) >= 11 is 0. The van der Waals surface area contributed by atoms with Crippen molar-refractivity contribution in [2.24, 2.45) is 0 Å². The van der Waals surface area contributed by atoms with Crippen LogP contribution in [0.25, 0.3) is 0 Å². The Bertz CT molecular complexity index is 687. The van der Waals surface area contributed by atoms with E-state index < -0.39 is 23.5 Å². The highest BCUT2D eigenvalue weighted by Crippen LogP contribution is 2.25. The number of benzene rings is 2. The molecule has 0 radical (unpaired) electrons. The van der Waals surface area contributed by atoms with Gasteiger partial charge in [-0.05, 0) is 18.1 Å². The minimum atomic E-state index is -1.26. The first-order valence-electron chi connectivity index (χ1n) is 7.65. The average Bonchev–Trinajstić information content (AvgIpc) is 2.61. The Balaban J connectivity index is 2.19. The number of nitrogens with one attached hydrogen (secondary N) is 1. The maximum absolute atomic E-state index is 12.7. The van der Waals surface area contributed by atoms with Crippen LogP contribution >= 0.6 is 0 Å². The van der Waals surface area contributed by atoms with Gasteiger partial charge in [0.25, 0.3) is 5.91 Å². The molecule has 0 aromatic heterocycles. The lowest BCUT2D eigenvalue weighted by Gasteiger charge is -2.29. The lowest BCUT2D eigenvalue weighted by molar-refractivity contribution is -0.149. The maximum atomic E-state index is 12.7. The van der Waals surface area contributed by atoms with Crippen LogP contribution in [0.3, 0.4) is 0 Å². The van der Waals surface area contributed by atoms with E-state index in [0.29, 0.717) is 5.56 Å². The molecule has 0 heterocycles. The molecular weight excluding hydrogens is 306 g/mol. The van der Waals surface area contributed by atoms with Crippen molar-refractivity contribution >= 4 is 11.9 Å². The van der Waals surface area contributed by atoms with E-state index in [1.165, 1.54) is 7.11 Å². The van der Waals surface area contributed by atoms with Gasteiger partial charge in [-0.15, -0.1) is 0 Å². The summed E-state index contributed by atoms with van der Waals surface area (Å²) < 4.78 is 5.41. The van der Waals surface area contributed by atoms with Crippen molar-refractivity contribution in [3.63, 3.8) is 0 Å². The molecule has 0 saturated carbocycles. The third-order valence-corrected chi connectivity index (χ3v) is 4.05. The van der Waals surface area contributed by atoms with Crippen molar-refractivity contribution in [1.82, 2.24) is 5.32 Å². The van der Waals surface area contributed by atoms with Gasteiger partial charge in [0.1, 0.15) is 6.04 Å². The number of ether oxygens (including phenoxy) is 1. The number of aliphatic carboxylic acids is 1. The summed E-state index contributed by atoms with van der Waals surface area (Å²) in [6.45, 7) is 1.62. The number of carboxylic acid groups (broad SMARTS) is 1. The van der Waals surface area contributed by atoms with Gasteiger partial charge in [0.05, 0.1) is 0 Å². The van der Waals surface area contributed by atoms with Crippen LogP contribution in [-0.2, 0) is 26.3 Å². The van der Waals surface area contributed by atoms with Gasteiger partial charge < -0.3 is 15.2 Å². The van der Waals surface area contributed by atoms with Gasteiger partial charge in [-0.25, -0.2) is 4.79 Å².